The Balaban J connectivity index is 1.79. The molecule has 170 valence electrons. The molecule has 4 rings (SSSR count). The normalized spacial score (nSPS) is 12.5. The zero-order valence-electron chi connectivity index (χ0n) is 17.1. The van der Waals surface area contributed by atoms with Gasteiger partial charge in [0.25, 0.3) is 23.4 Å². The summed E-state index contributed by atoms with van der Waals surface area (Å²) in [6, 6.07) is 15.8. The van der Waals surface area contributed by atoms with Crippen LogP contribution in [0.15, 0.2) is 71.2 Å². The van der Waals surface area contributed by atoms with Crippen molar-refractivity contribution >= 4 is 56.7 Å². The summed E-state index contributed by atoms with van der Waals surface area (Å²) in [5.74, 6) is -3.52. The Kier molecular flexibility index (Phi) is 6.27. The van der Waals surface area contributed by atoms with Gasteiger partial charge in [0.15, 0.2) is 5.78 Å². The van der Waals surface area contributed by atoms with Gasteiger partial charge in [0.1, 0.15) is 12.1 Å². The summed E-state index contributed by atoms with van der Waals surface area (Å²) in [4.78, 5) is 63.5. The van der Waals surface area contributed by atoms with Crippen LogP contribution in [0.4, 0.5) is 5.69 Å². The third-order valence-electron chi connectivity index (χ3n) is 5.11. The first-order chi connectivity index (χ1) is 16.2. The molecule has 0 atom stereocenters. The van der Waals surface area contributed by atoms with E-state index in [1.165, 1.54) is 42.5 Å². The van der Waals surface area contributed by atoms with Crippen molar-refractivity contribution in [3.8, 4) is 0 Å². The number of hydrogen-bond acceptors (Lipinski definition) is 6. The van der Waals surface area contributed by atoms with E-state index in [0.29, 0.717) is 10.0 Å². The highest BCUT2D eigenvalue weighted by Gasteiger charge is 2.46. The standard InChI is InChI=1S/C23H13BrClN3O6/c24-14-10-8-13(9-11-14)19(29)12-26(21(30)15-4-1-2-6-17(15)25)27-22(31)16-5-3-7-18(28(33)34)20(16)23(27)32/h1-11H,12H2. The summed E-state index contributed by atoms with van der Waals surface area (Å²) < 4.78 is 0.723. The van der Waals surface area contributed by atoms with E-state index >= 15 is 0 Å². The van der Waals surface area contributed by atoms with E-state index < -0.39 is 46.2 Å². The summed E-state index contributed by atoms with van der Waals surface area (Å²) in [6.07, 6.45) is 0. The van der Waals surface area contributed by atoms with Crippen LogP contribution >= 0.6 is 27.5 Å². The Bertz CT molecular complexity index is 1380. The summed E-state index contributed by atoms with van der Waals surface area (Å²) in [5.41, 5.74) is -1.11. The fourth-order valence-electron chi connectivity index (χ4n) is 3.50. The van der Waals surface area contributed by atoms with Crippen LogP contribution in [0.2, 0.25) is 5.02 Å². The maximum atomic E-state index is 13.4. The van der Waals surface area contributed by atoms with Crippen molar-refractivity contribution in [2.45, 2.75) is 0 Å². The van der Waals surface area contributed by atoms with E-state index in [1.54, 1.807) is 18.2 Å². The fraction of sp³-hybridized carbons (Fsp3) is 0.0435. The average Bonchev–Trinajstić information content (AvgIpc) is 3.07. The van der Waals surface area contributed by atoms with Gasteiger partial charge in [-0.3, -0.25) is 29.3 Å². The second kappa shape index (κ2) is 9.16. The van der Waals surface area contributed by atoms with E-state index in [-0.39, 0.29) is 21.7 Å². The molecule has 11 heteroatoms. The second-order valence-electron chi connectivity index (χ2n) is 7.15. The largest absolute Gasteiger partial charge is 0.292 e. The number of imide groups is 1. The van der Waals surface area contributed by atoms with Crippen LogP contribution in [0.1, 0.15) is 41.4 Å². The Hall–Kier alpha value is -3.89. The van der Waals surface area contributed by atoms with Crippen LogP contribution < -0.4 is 0 Å². The zero-order valence-corrected chi connectivity index (χ0v) is 19.4. The number of fused-ring (bicyclic) bond motifs is 1. The van der Waals surface area contributed by atoms with Crippen molar-refractivity contribution in [3.05, 3.63) is 109 Å². The Morgan fingerprint density at radius 1 is 0.971 bits per heavy atom. The summed E-state index contributed by atoms with van der Waals surface area (Å²) in [7, 11) is 0. The molecule has 0 unspecified atom stereocenters. The van der Waals surface area contributed by atoms with Crippen molar-refractivity contribution in [1.82, 2.24) is 10.0 Å². The lowest BCUT2D eigenvalue weighted by atomic mass is 10.1. The maximum Gasteiger partial charge on any atom is 0.287 e. The molecule has 0 bridgehead atoms. The minimum Gasteiger partial charge on any atom is -0.292 e. The topological polar surface area (TPSA) is 118 Å². The van der Waals surface area contributed by atoms with Gasteiger partial charge in [-0.1, -0.05) is 57.9 Å². The number of nitrogens with zero attached hydrogens (tertiary/aromatic N) is 3. The van der Waals surface area contributed by atoms with E-state index in [1.807, 2.05) is 0 Å². The number of carbonyl (C=O) groups excluding carboxylic acids is 4. The molecule has 0 aromatic heterocycles. The Labute approximate surface area is 205 Å². The number of halogens is 2. The molecule has 0 N–H and O–H groups in total. The number of hydrazine groups is 1. The molecule has 0 radical (unpaired) electrons. The lowest BCUT2D eigenvalue weighted by Crippen LogP contribution is -2.51. The van der Waals surface area contributed by atoms with Crippen LogP contribution in [0.5, 0.6) is 0 Å². The molecule has 1 aliphatic heterocycles. The van der Waals surface area contributed by atoms with Gasteiger partial charge in [-0.05, 0) is 30.3 Å². The predicted molar refractivity (Wildman–Crippen MR) is 125 cm³/mol. The van der Waals surface area contributed by atoms with Gasteiger partial charge in [-0.2, -0.15) is 5.01 Å². The maximum absolute atomic E-state index is 13.4. The van der Waals surface area contributed by atoms with Crippen molar-refractivity contribution < 1.29 is 24.1 Å². The van der Waals surface area contributed by atoms with Crippen molar-refractivity contribution in [2.24, 2.45) is 0 Å². The summed E-state index contributed by atoms with van der Waals surface area (Å²) in [5, 5.41) is 12.6. The number of hydrogen-bond donors (Lipinski definition) is 0. The Morgan fingerprint density at radius 2 is 1.65 bits per heavy atom. The molecule has 3 aromatic carbocycles. The molecule has 0 saturated carbocycles. The number of nitro groups is 1. The monoisotopic (exact) mass is 541 g/mol. The van der Waals surface area contributed by atoms with Crippen LogP contribution in [0.25, 0.3) is 0 Å². The number of Topliss-reactive ketones (excluding diaryl/α,β-unsaturated/α-hetero) is 1. The van der Waals surface area contributed by atoms with Crippen LogP contribution in [-0.2, 0) is 0 Å². The minimum atomic E-state index is -1.09. The smallest absolute Gasteiger partial charge is 0.287 e. The predicted octanol–water partition coefficient (Wildman–Crippen LogP) is 4.55. The lowest BCUT2D eigenvalue weighted by molar-refractivity contribution is -0.385. The third-order valence-corrected chi connectivity index (χ3v) is 5.97. The van der Waals surface area contributed by atoms with Crippen LogP contribution in [0.3, 0.4) is 0 Å². The number of benzene rings is 3. The first-order valence-corrected chi connectivity index (χ1v) is 10.9. The molecule has 1 heterocycles. The van der Waals surface area contributed by atoms with E-state index in [2.05, 4.69) is 15.9 Å². The van der Waals surface area contributed by atoms with E-state index in [9.17, 15) is 29.3 Å². The van der Waals surface area contributed by atoms with Crippen LogP contribution in [0, 0.1) is 10.1 Å². The quantitative estimate of drug-likeness (QED) is 0.195. The highest BCUT2D eigenvalue weighted by molar-refractivity contribution is 9.10. The summed E-state index contributed by atoms with van der Waals surface area (Å²) in [6.45, 7) is -0.690. The Morgan fingerprint density at radius 3 is 2.29 bits per heavy atom. The number of nitro benzene ring substituents is 1. The SMILES string of the molecule is O=C(CN(C(=O)c1ccccc1Cl)N1C(=O)c2cccc([N+](=O)[O-])c2C1=O)c1ccc(Br)cc1. The van der Waals surface area contributed by atoms with Crippen molar-refractivity contribution in [1.29, 1.82) is 0 Å². The molecular formula is C23H13BrClN3O6. The third kappa shape index (κ3) is 4.09. The van der Waals surface area contributed by atoms with Gasteiger partial charge < -0.3 is 0 Å². The van der Waals surface area contributed by atoms with E-state index in [0.717, 1.165) is 10.5 Å². The molecule has 1 aliphatic rings. The van der Waals surface area contributed by atoms with Crippen molar-refractivity contribution in [2.75, 3.05) is 6.54 Å². The van der Waals surface area contributed by atoms with Gasteiger partial charge in [0.2, 0.25) is 0 Å². The van der Waals surface area contributed by atoms with Gasteiger partial charge in [0, 0.05) is 16.1 Å². The van der Waals surface area contributed by atoms with Gasteiger partial charge >= 0.3 is 0 Å². The number of carbonyl (C=O) groups is 4. The molecule has 9 nitrogen and oxygen atoms in total. The molecular weight excluding hydrogens is 530 g/mol. The molecule has 0 aliphatic carbocycles. The highest BCUT2D eigenvalue weighted by atomic mass is 79.9. The first-order valence-electron chi connectivity index (χ1n) is 9.72. The molecule has 0 spiro atoms. The molecule has 0 saturated heterocycles. The number of amides is 3. The molecule has 3 aromatic rings. The lowest BCUT2D eigenvalue weighted by Gasteiger charge is -2.29. The van der Waals surface area contributed by atoms with Gasteiger partial charge in [-0.15, -0.1) is 0 Å². The number of rotatable bonds is 6. The first kappa shape index (κ1) is 23.3. The number of ketones is 1. The average molecular weight is 543 g/mol. The zero-order chi connectivity index (χ0) is 24.6. The van der Waals surface area contributed by atoms with Gasteiger partial charge in [-0.25, -0.2) is 5.01 Å². The van der Waals surface area contributed by atoms with Gasteiger partial charge in [0.05, 0.1) is 21.1 Å². The molecule has 34 heavy (non-hydrogen) atoms. The highest BCUT2D eigenvalue weighted by Crippen LogP contribution is 2.32. The molecule has 3 amide bonds. The molecule has 0 fully saturated rings. The van der Waals surface area contributed by atoms with Crippen molar-refractivity contribution in [3.63, 3.8) is 0 Å². The second-order valence-corrected chi connectivity index (χ2v) is 8.47. The van der Waals surface area contributed by atoms with Crippen LogP contribution in [-0.4, -0.2) is 45.0 Å². The summed E-state index contributed by atoms with van der Waals surface area (Å²) >= 11 is 9.42. The minimum absolute atomic E-state index is 0.0381. The van der Waals surface area contributed by atoms with E-state index in [4.69, 9.17) is 11.6 Å². The fourth-order valence-corrected chi connectivity index (χ4v) is 3.98.